The Bertz CT molecular complexity index is 1110. The second-order valence-electron chi connectivity index (χ2n) is 14.9. The van der Waals surface area contributed by atoms with Crippen LogP contribution in [0.25, 0.3) is 0 Å². The van der Waals surface area contributed by atoms with E-state index in [-0.39, 0.29) is 11.0 Å². The average molecular weight is 581 g/mol. The molecule has 3 aliphatic heterocycles. The van der Waals surface area contributed by atoms with E-state index in [9.17, 15) is 14.4 Å². The normalized spacial score (nSPS) is 43.1. The van der Waals surface area contributed by atoms with Crippen LogP contribution in [0.15, 0.2) is 0 Å². The minimum atomic E-state index is -2.48. The third-order valence-electron chi connectivity index (χ3n) is 11.6. The molecule has 0 N–H and O–H groups in total. The van der Waals surface area contributed by atoms with Crippen molar-refractivity contribution in [3.63, 3.8) is 0 Å². The summed E-state index contributed by atoms with van der Waals surface area (Å²) in [6, 6.07) is 0. The Morgan fingerprint density at radius 3 is 2.05 bits per heavy atom. The molecule has 0 aromatic heterocycles. The number of carbonyl (C=O) groups is 3. The zero-order valence-corrected chi connectivity index (χ0v) is 26.0. The van der Waals surface area contributed by atoms with Crippen molar-refractivity contribution in [2.24, 2.45) is 10.8 Å². The van der Waals surface area contributed by atoms with E-state index in [0.29, 0.717) is 25.7 Å². The Labute approximate surface area is 237 Å². The Morgan fingerprint density at radius 2 is 1.48 bits per heavy atom. The highest BCUT2D eigenvalue weighted by molar-refractivity contribution is 6.74. The van der Waals surface area contributed by atoms with Gasteiger partial charge in [-0.3, -0.25) is 4.79 Å². The van der Waals surface area contributed by atoms with Gasteiger partial charge in [-0.1, -0.05) is 41.0 Å². The van der Waals surface area contributed by atoms with Gasteiger partial charge in [-0.2, -0.15) is 0 Å². The molecule has 3 saturated heterocycles. The predicted octanol–water partition coefficient (Wildman–Crippen LogP) is 4.77. The van der Waals surface area contributed by atoms with Crippen LogP contribution in [0.3, 0.4) is 0 Å². The molecule has 3 saturated carbocycles. The molecule has 6 aliphatic rings. The second kappa shape index (κ2) is 8.67. The van der Waals surface area contributed by atoms with Crippen molar-refractivity contribution in [1.29, 1.82) is 0 Å². The first-order chi connectivity index (χ1) is 18.5. The first-order valence-corrected chi connectivity index (χ1v) is 17.7. The zero-order chi connectivity index (χ0) is 29.1. The van der Waals surface area contributed by atoms with Crippen molar-refractivity contribution >= 4 is 26.4 Å². The highest BCUT2D eigenvalue weighted by Gasteiger charge is 2.77. The lowest BCUT2D eigenvalue weighted by atomic mass is 9.66. The standard InChI is InChI=1S/C29H44O10Si/c1-25(2,3)40(7,8)39-21-17-16(34-24(32)35-17)19-20(37-28(36-19)12-10-9-11-13-28)18(21)33-23(31)29-15-14-27(6,22(30)38-29)26(29,4)5/h16-21H,9-15H2,1-8H3/t16-,17-,18+,19-,20+,21+,27-,29+/m0/s1. The predicted molar refractivity (Wildman–Crippen MR) is 143 cm³/mol. The molecule has 2 bridgehead atoms. The average Bonchev–Trinajstić information content (AvgIpc) is 3.51. The van der Waals surface area contributed by atoms with Gasteiger partial charge in [0.2, 0.25) is 5.60 Å². The van der Waals surface area contributed by atoms with Crippen LogP contribution in [0, 0.1) is 10.8 Å². The van der Waals surface area contributed by atoms with Crippen LogP contribution in [-0.2, 0) is 42.4 Å². The molecule has 0 aromatic carbocycles. The third-order valence-corrected chi connectivity index (χ3v) is 16.1. The molecule has 8 atom stereocenters. The Morgan fingerprint density at radius 1 is 0.850 bits per heavy atom. The molecule has 1 spiro atoms. The maximum atomic E-state index is 14.2. The molecule has 0 unspecified atom stereocenters. The largest absolute Gasteiger partial charge is 0.509 e. The van der Waals surface area contributed by atoms with Crippen molar-refractivity contribution < 1.29 is 47.2 Å². The van der Waals surface area contributed by atoms with Gasteiger partial charge in [0.1, 0.15) is 18.3 Å². The van der Waals surface area contributed by atoms with Gasteiger partial charge in [0, 0.05) is 18.3 Å². The SMILES string of the molecule is CC1(C)[C@@]2(C)CC[C@]1(C(=O)O[C@@H]1[C@H]3OC4(CCCCC4)O[C@H]3[C@H]3OC(=O)O[C@@H]3[C@H]1O[Si](C)(C)C(C)(C)C)OC2=O. The summed E-state index contributed by atoms with van der Waals surface area (Å²) in [5, 5.41) is -0.177. The summed E-state index contributed by atoms with van der Waals surface area (Å²) >= 11 is 0. The molecule has 6 rings (SSSR count). The molecule has 224 valence electrons. The van der Waals surface area contributed by atoms with Crippen molar-refractivity contribution in [3.8, 4) is 0 Å². The van der Waals surface area contributed by atoms with Crippen LogP contribution < -0.4 is 0 Å². The maximum Gasteiger partial charge on any atom is 0.509 e. The maximum absolute atomic E-state index is 14.2. The Kier molecular flexibility index (Phi) is 6.16. The van der Waals surface area contributed by atoms with E-state index in [1.807, 2.05) is 20.8 Å². The number of rotatable bonds is 4. The first-order valence-electron chi connectivity index (χ1n) is 14.8. The number of hydrogen-bond acceptors (Lipinski definition) is 10. The summed E-state index contributed by atoms with van der Waals surface area (Å²) in [6.07, 6.45) is -0.308. The minimum absolute atomic E-state index is 0.177. The summed E-state index contributed by atoms with van der Waals surface area (Å²) in [6.45, 7) is 16.2. The fourth-order valence-corrected chi connectivity index (χ4v) is 8.77. The van der Waals surface area contributed by atoms with E-state index in [4.69, 9.17) is 32.8 Å². The molecule has 40 heavy (non-hydrogen) atoms. The van der Waals surface area contributed by atoms with E-state index in [2.05, 4.69) is 33.9 Å². The van der Waals surface area contributed by atoms with Crippen molar-refractivity contribution in [1.82, 2.24) is 0 Å². The van der Waals surface area contributed by atoms with Crippen LogP contribution in [-0.4, -0.2) is 74.4 Å². The third kappa shape index (κ3) is 3.72. The van der Waals surface area contributed by atoms with Gasteiger partial charge in [0.15, 0.2) is 32.4 Å². The second-order valence-corrected chi connectivity index (χ2v) is 19.7. The Balaban J connectivity index is 1.39. The topological polar surface area (TPSA) is 116 Å². The Hall–Kier alpha value is -1.69. The van der Waals surface area contributed by atoms with Gasteiger partial charge in [-0.15, -0.1) is 0 Å². The molecular formula is C29H44O10Si. The van der Waals surface area contributed by atoms with Crippen LogP contribution in [0.4, 0.5) is 4.79 Å². The summed E-state index contributed by atoms with van der Waals surface area (Å²) in [4.78, 5) is 39.7. The molecule has 0 radical (unpaired) electrons. The van der Waals surface area contributed by atoms with Crippen LogP contribution >= 0.6 is 0 Å². The molecular weight excluding hydrogens is 536 g/mol. The molecule has 10 nitrogen and oxygen atoms in total. The van der Waals surface area contributed by atoms with Crippen molar-refractivity contribution in [2.75, 3.05) is 0 Å². The van der Waals surface area contributed by atoms with E-state index in [1.165, 1.54) is 0 Å². The molecule has 11 heteroatoms. The van der Waals surface area contributed by atoms with Crippen LogP contribution in [0.2, 0.25) is 18.1 Å². The van der Waals surface area contributed by atoms with E-state index in [0.717, 1.165) is 19.3 Å². The lowest BCUT2D eigenvalue weighted by Gasteiger charge is -2.47. The number of esters is 2. The molecule has 3 aliphatic carbocycles. The lowest BCUT2D eigenvalue weighted by molar-refractivity contribution is -0.218. The van der Waals surface area contributed by atoms with Gasteiger partial charge in [0.25, 0.3) is 0 Å². The number of hydrogen-bond donors (Lipinski definition) is 0. The number of fused-ring (bicyclic) bond motifs is 5. The summed E-state index contributed by atoms with van der Waals surface area (Å²) < 4.78 is 43.8. The van der Waals surface area contributed by atoms with Gasteiger partial charge >= 0.3 is 18.1 Å². The van der Waals surface area contributed by atoms with Crippen LogP contribution in [0.5, 0.6) is 0 Å². The van der Waals surface area contributed by atoms with E-state index < -0.39 is 79.3 Å². The van der Waals surface area contributed by atoms with Gasteiger partial charge in [0.05, 0.1) is 5.41 Å². The fraction of sp³-hybridized carbons (Fsp3) is 0.897. The van der Waals surface area contributed by atoms with Gasteiger partial charge in [-0.25, -0.2) is 9.59 Å². The quantitative estimate of drug-likeness (QED) is 0.261. The molecule has 0 aromatic rings. The summed E-state index contributed by atoms with van der Waals surface area (Å²) in [5.41, 5.74) is -2.98. The van der Waals surface area contributed by atoms with Gasteiger partial charge < -0.3 is 32.8 Å². The highest BCUT2D eigenvalue weighted by Crippen LogP contribution is 2.66. The summed E-state index contributed by atoms with van der Waals surface area (Å²) in [5.74, 6) is -1.83. The number of carbonyl (C=O) groups excluding carboxylic acids is 3. The minimum Gasteiger partial charge on any atom is -0.454 e. The smallest absolute Gasteiger partial charge is 0.454 e. The van der Waals surface area contributed by atoms with Crippen LogP contribution in [0.1, 0.15) is 86.5 Å². The van der Waals surface area contributed by atoms with Crippen molar-refractivity contribution in [3.05, 3.63) is 0 Å². The first kappa shape index (κ1) is 28.4. The fourth-order valence-electron chi connectivity index (χ4n) is 7.46. The highest BCUT2D eigenvalue weighted by atomic mass is 28.4. The van der Waals surface area contributed by atoms with E-state index in [1.54, 1.807) is 0 Å². The van der Waals surface area contributed by atoms with Gasteiger partial charge in [-0.05, 0) is 50.7 Å². The monoisotopic (exact) mass is 580 g/mol. The van der Waals surface area contributed by atoms with Crippen molar-refractivity contribution in [2.45, 2.75) is 153 Å². The lowest BCUT2D eigenvalue weighted by Crippen LogP contribution is -2.66. The van der Waals surface area contributed by atoms with E-state index >= 15 is 0 Å². The molecule has 0 amide bonds. The zero-order valence-electron chi connectivity index (χ0n) is 25.0. The summed E-state index contributed by atoms with van der Waals surface area (Å²) in [7, 11) is -2.48. The molecule has 3 heterocycles. The number of ether oxygens (including phenoxy) is 6. The molecule has 6 fully saturated rings.